The maximum Gasteiger partial charge on any atom is 0.0456 e. The molecule has 1 aromatic heterocycles. The van der Waals surface area contributed by atoms with Gasteiger partial charge >= 0.3 is 0 Å². The molecular formula is C23H26N2. The Hall–Kier alpha value is -2.06. The predicted octanol–water partition coefficient (Wildman–Crippen LogP) is 4.76. The molecule has 0 amide bonds. The van der Waals surface area contributed by atoms with Crippen LogP contribution in [0.1, 0.15) is 35.6 Å². The highest BCUT2D eigenvalue weighted by molar-refractivity contribution is 5.80. The van der Waals surface area contributed by atoms with Gasteiger partial charge in [0.2, 0.25) is 0 Å². The van der Waals surface area contributed by atoms with Crippen LogP contribution < -0.4 is 0 Å². The predicted molar refractivity (Wildman–Crippen MR) is 104 cm³/mol. The third-order valence-corrected chi connectivity index (χ3v) is 6.23. The number of likely N-dealkylation sites (tertiary alicyclic amines) is 1. The molecule has 1 aliphatic carbocycles. The zero-order valence-corrected chi connectivity index (χ0v) is 14.7. The standard InChI is InChI=1S/C23H26N2/c1-2-6-20-14-17(13-19(20)5-1)16-25-11-9-18(10-12-25)23-15-21-7-3-4-8-22(21)24-23/h1-8,15,17-18,24H,9-14,16H2. The Morgan fingerprint density at radius 1 is 0.880 bits per heavy atom. The molecule has 1 aliphatic heterocycles. The van der Waals surface area contributed by atoms with Crippen LogP contribution in [0.15, 0.2) is 54.6 Å². The normalized spacial score (nSPS) is 19.5. The van der Waals surface area contributed by atoms with Crippen LogP contribution in [0.4, 0.5) is 0 Å². The third kappa shape index (κ3) is 3.00. The van der Waals surface area contributed by atoms with Gasteiger partial charge in [-0.3, -0.25) is 0 Å². The summed E-state index contributed by atoms with van der Waals surface area (Å²) in [6.45, 7) is 3.76. The van der Waals surface area contributed by atoms with Crippen molar-refractivity contribution in [2.45, 2.75) is 31.6 Å². The number of nitrogens with zero attached hydrogens (tertiary/aromatic N) is 1. The lowest BCUT2D eigenvalue weighted by Crippen LogP contribution is -2.36. The second-order valence-electron chi connectivity index (χ2n) is 7.93. The molecule has 2 nitrogen and oxygen atoms in total. The number of fused-ring (bicyclic) bond motifs is 2. The van der Waals surface area contributed by atoms with Crippen LogP contribution in [0, 0.1) is 5.92 Å². The Bertz CT molecular complexity index is 812. The van der Waals surface area contributed by atoms with Crippen LogP contribution in [-0.4, -0.2) is 29.5 Å². The number of para-hydroxylation sites is 1. The highest BCUT2D eigenvalue weighted by Gasteiger charge is 2.26. The molecule has 2 heterocycles. The van der Waals surface area contributed by atoms with Crippen molar-refractivity contribution in [1.29, 1.82) is 0 Å². The maximum absolute atomic E-state index is 3.65. The lowest BCUT2D eigenvalue weighted by atomic mass is 9.92. The topological polar surface area (TPSA) is 19.0 Å². The van der Waals surface area contributed by atoms with Crippen molar-refractivity contribution in [3.8, 4) is 0 Å². The average Bonchev–Trinajstić information content (AvgIpc) is 3.25. The van der Waals surface area contributed by atoms with E-state index in [0.29, 0.717) is 5.92 Å². The number of H-pyrrole nitrogens is 1. The minimum Gasteiger partial charge on any atom is -0.358 e. The zero-order valence-electron chi connectivity index (χ0n) is 14.7. The van der Waals surface area contributed by atoms with E-state index in [-0.39, 0.29) is 0 Å². The fourth-order valence-corrected chi connectivity index (χ4v) is 4.89. The number of rotatable bonds is 3. The molecule has 2 heteroatoms. The van der Waals surface area contributed by atoms with Gasteiger partial charge in [0.25, 0.3) is 0 Å². The summed E-state index contributed by atoms with van der Waals surface area (Å²) in [6.07, 6.45) is 5.12. The maximum atomic E-state index is 3.65. The van der Waals surface area contributed by atoms with Gasteiger partial charge in [0.05, 0.1) is 0 Å². The van der Waals surface area contributed by atoms with Crippen molar-refractivity contribution >= 4 is 10.9 Å². The van der Waals surface area contributed by atoms with Crippen LogP contribution in [0.3, 0.4) is 0 Å². The Balaban J connectivity index is 1.19. The van der Waals surface area contributed by atoms with E-state index in [9.17, 15) is 0 Å². The summed E-state index contributed by atoms with van der Waals surface area (Å²) < 4.78 is 0. The first kappa shape index (κ1) is 15.2. The van der Waals surface area contributed by atoms with Gasteiger partial charge < -0.3 is 9.88 Å². The number of piperidine rings is 1. The summed E-state index contributed by atoms with van der Waals surface area (Å²) in [5, 5.41) is 1.35. The van der Waals surface area contributed by atoms with E-state index < -0.39 is 0 Å². The number of hydrogen-bond acceptors (Lipinski definition) is 1. The van der Waals surface area contributed by atoms with E-state index in [1.165, 1.54) is 61.9 Å². The lowest BCUT2D eigenvalue weighted by Gasteiger charge is -2.33. The molecule has 0 saturated carbocycles. The number of aromatic nitrogens is 1. The van der Waals surface area contributed by atoms with Crippen molar-refractivity contribution in [3.63, 3.8) is 0 Å². The van der Waals surface area contributed by atoms with Gasteiger partial charge in [0.1, 0.15) is 0 Å². The first-order valence-corrected chi connectivity index (χ1v) is 9.72. The molecule has 3 aromatic rings. The summed E-state index contributed by atoms with van der Waals surface area (Å²) in [7, 11) is 0. The fraction of sp³-hybridized carbons (Fsp3) is 0.391. The van der Waals surface area contributed by atoms with Crippen molar-refractivity contribution in [3.05, 3.63) is 71.4 Å². The number of hydrogen-bond donors (Lipinski definition) is 1. The van der Waals surface area contributed by atoms with Crippen LogP contribution in [0.2, 0.25) is 0 Å². The lowest BCUT2D eigenvalue weighted by molar-refractivity contribution is 0.184. The molecule has 5 rings (SSSR count). The van der Waals surface area contributed by atoms with E-state index >= 15 is 0 Å². The van der Waals surface area contributed by atoms with Gasteiger partial charge in [-0.25, -0.2) is 0 Å². The van der Waals surface area contributed by atoms with Gasteiger partial charge in [-0.1, -0.05) is 42.5 Å². The van der Waals surface area contributed by atoms with Crippen molar-refractivity contribution in [2.75, 3.05) is 19.6 Å². The van der Waals surface area contributed by atoms with Crippen LogP contribution in [0.25, 0.3) is 10.9 Å². The third-order valence-electron chi connectivity index (χ3n) is 6.23. The summed E-state index contributed by atoms with van der Waals surface area (Å²) in [5.41, 5.74) is 5.89. The van der Waals surface area contributed by atoms with Gasteiger partial charge in [-0.2, -0.15) is 0 Å². The largest absolute Gasteiger partial charge is 0.358 e. The van der Waals surface area contributed by atoms with Crippen molar-refractivity contribution in [2.24, 2.45) is 5.92 Å². The molecule has 0 unspecified atom stereocenters. The molecule has 1 saturated heterocycles. The second-order valence-corrected chi connectivity index (χ2v) is 7.93. The zero-order chi connectivity index (χ0) is 16.6. The number of benzene rings is 2. The quantitative estimate of drug-likeness (QED) is 0.733. The molecule has 25 heavy (non-hydrogen) atoms. The number of aromatic amines is 1. The molecule has 0 bridgehead atoms. The van der Waals surface area contributed by atoms with Gasteiger partial charge in [-0.05, 0) is 73.3 Å². The van der Waals surface area contributed by atoms with E-state index in [0.717, 1.165) is 5.92 Å². The van der Waals surface area contributed by atoms with E-state index in [1.54, 1.807) is 11.1 Å². The molecule has 0 atom stereocenters. The molecule has 0 radical (unpaired) electrons. The Labute approximate surface area is 149 Å². The first-order chi connectivity index (χ1) is 12.3. The van der Waals surface area contributed by atoms with E-state index in [4.69, 9.17) is 0 Å². The fourth-order valence-electron chi connectivity index (χ4n) is 4.89. The summed E-state index contributed by atoms with van der Waals surface area (Å²) >= 11 is 0. The van der Waals surface area contributed by atoms with Crippen LogP contribution in [-0.2, 0) is 12.8 Å². The van der Waals surface area contributed by atoms with Crippen molar-refractivity contribution in [1.82, 2.24) is 9.88 Å². The minimum absolute atomic E-state index is 0.699. The van der Waals surface area contributed by atoms with E-state index in [2.05, 4.69) is 64.5 Å². The highest BCUT2D eigenvalue weighted by Crippen LogP contribution is 2.32. The van der Waals surface area contributed by atoms with Crippen molar-refractivity contribution < 1.29 is 0 Å². The summed E-state index contributed by atoms with van der Waals surface area (Å²) in [5.74, 6) is 1.52. The molecule has 2 aliphatic rings. The van der Waals surface area contributed by atoms with Gasteiger partial charge in [0.15, 0.2) is 0 Å². The SMILES string of the molecule is c1ccc2c(c1)CC(CN1CCC(c3cc4ccccc4[nH]3)CC1)C2. The highest BCUT2D eigenvalue weighted by atomic mass is 15.1. The molecule has 1 fully saturated rings. The Kier molecular flexibility index (Phi) is 3.86. The van der Waals surface area contributed by atoms with E-state index in [1.807, 2.05) is 0 Å². The smallest absolute Gasteiger partial charge is 0.0456 e. The van der Waals surface area contributed by atoms with Gasteiger partial charge in [-0.15, -0.1) is 0 Å². The minimum atomic E-state index is 0.699. The first-order valence-electron chi connectivity index (χ1n) is 9.72. The molecule has 0 spiro atoms. The van der Waals surface area contributed by atoms with Crippen LogP contribution >= 0.6 is 0 Å². The van der Waals surface area contributed by atoms with Crippen LogP contribution in [0.5, 0.6) is 0 Å². The van der Waals surface area contributed by atoms with Gasteiger partial charge in [0, 0.05) is 23.7 Å². The summed E-state index contributed by atoms with van der Waals surface area (Å²) in [4.78, 5) is 6.35. The second kappa shape index (κ2) is 6.34. The number of nitrogens with one attached hydrogen (secondary N) is 1. The Morgan fingerprint density at radius 3 is 2.28 bits per heavy atom. The molecule has 1 N–H and O–H groups in total. The molecule has 2 aromatic carbocycles. The average molecular weight is 330 g/mol. The summed E-state index contributed by atoms with van der Waals surface area (Å²) in [6, 6.07) is 20.0. The Morgan fingerprint density at radius 2 is 1.56 bits per heavy atom. The molecule has 128 valence electrons. The molecular weight excluding hydrogens is 304 g/mol. The monoisotopic (exact) mass is 330 g/mol.